The van der Waals surface area contributed by atoms with Crippen LogP contribution in [0.15, 0.2) is 21.0 Å². The van der Waals surface area contributed by atoms with Gasteiger partial charge in [-0.2, -0.15) is 13.2 Å². The second kappa shape index (κ2) is 6.03. The molecule has 0 aliphatic carbocycles. The molecule has 1 atom stereocenters. The number of hydrogen-bond donors (Lipinski definition) is 0. The van der Waals surface area contributed by atoms with Crippen LogP contribution in [0.25, 0.3) is 0 Å². The van der Waals surface area contributed by atoms with Crippen molar-refractivity contribution in [3.05, 3.63) is 33.5 Å². The summed E-state index contributed by atoms with van der Waals surface area (Å²) in [4.78, 5) is 0. The molecule has 112 valence electrons. The lowest BCUT2D eigenvalue weighted by Gasteiger charge is -2.17. The van der Waals surface area contributed by atoms with E-state index in [1.165, 1.54) is 0 Å². The highest BCUT2D eigenvalue weighted by Crippen LogP contribution is 2.34. The van der Waals surface area contributed by atoms with Crippen LogP contribution in [-0.4, -0.2) is 15.5 Å². The quantitative estimate of drug-likeness (QED) is 0.427. The molecule has 0 radical (unpaired) electrons. The monoisotopic (exact) mass is 373 g/mol. The Bertz CT molecular complexity index is 525. The van der Waals surface area contributed by atoms with Crippen LogP contribution in [0.4, 0.5) is 17.6 Å². The van der Waals surface area contributed by atoms with Gasteiger partial charge in [0.15, 0.2) is 0 Å². The van der Waals surface area contributed by atoms with Gasteiger partial charge in [-0.15, -0.1) is 0 Å². The molecule has 0 fully saturated rings. The first-order chi connectivity index (χ1) is 8.93. The highest BCUT2D eigenvalue weighted by Gasteiger charge is 2.35. The predicted octanol–water partition coefficient (Wildman–Crippen LogP) is 4.49. The van der Waals surface area contributed by atoms with Crippen LogP contribution in [-0.2, 0) is 17.5 Å². The summed E-state index contributed by atoms with van der Waals surface area (Å²) in [6.07, 6.45) is -3.95. The zero-order chi connectivity index (χ0) is 15.7. The number of nitrogens with zero attached hydrogens (tertiary/aromatic N) is 1. The molecule has 20 heavy (non-hydrogen) atoms. The molecule has 0 amide bonds. The van der Waals surface area contributed by atoms with Gasteiger partial charge in [-0.1, -0.05) is 20.3 Å². The average molecular weight is 374 g/mol. The number of benzene rings is 1. The van der Waals surface area contributed by atoms with Gasteiger partial charge in [-0.3, -0.25) is 0 Å². The van der Waals surface area contributed by atoms with Gasteiger partial charge in [0.05, 0.1) is 11.8 Å². The largest absolute Gasteiger partial charge is 0.591 e. The maximum atomic E-state index is 13.8. The van der Waals surface area contributed by atoms with E-state index in [-0.39, 0.29) is 10.0 Å². The standard InChI is InChI=1S/C12H12BrF4NOS/c1-11(2,3)20(19)18-6-7-4-8(13)5-9(10(7)14)12(15,16)17/h4-6H,1-3H3/b18-6+/t20-/m1/s1. The first kappa shape index (κ1) is 17.5. The molecule has 1 rings (SSSR count). The van der Waals surface area contributed by atoms with Crippen molar-refractivity contribution in [3.8, 4) is 0 Å². The zero-order valence-electron chi connectivity index (χ0n) is 10.9. The SMILES string of the molecule is CC(C)(C)[S@@+]([O-])/N=C/c1cc(Br)cc(C(F)(F)F)c1F. The van der Waals surface area contributed by atoms with Crippen LogP contribution in [0, 0.1) is 5.82 Å². The summed E-state index contributed by atoms with van der Waals surface area (Å²) in [6, 6.07) is 1.79. The fourth-order valence-electron chi connectivity index (χ4n) is 1.17. The third-order valence-electron chi connectivity index (χ3n) is 2.18. The van der Waals surface area contributed by atoms with Gasteiger partial charge in [0.2, 0.25) is 0 Å². The molecule has 2 nitrogen and oxygen atoms in total. The molecule has 8 heteroatoms. The summed E-state index contributed by atoms with van der Waals surface area (Å²) in [6.45, 7) is 4.95. The van der Waals surface area contributed by atoms with E-state index < -0.39 is 33.7 Å². The summed E-state index contributed by atoms with van der Waals surface area (Å²) in [5.41, 5.74) is -1.76. The Balaban J connectivity index is 3.21. The van der Waals surface area contributed by atoms with Crippen molar-refractivity contribution in [1.82, 2.24) is 0 Å². The third-order valence-corrected chi connectivity index (χ3v) is 3.98. The number of hydrogen-bond acceptors (Lipinski definition) is 2. The summed E-state index contributed by atoms with van der Waals surface area (Å²) < 4.78 is 66.3. The molecule has 0 unspecified atom stereocenters. The third kappa shape index (κ3) is 4.46. The van der Waals surface area contributed by atoms with E-state index in [0.29, 0.717) is 6.07 Å². The lowest BCUT2D eigenvalue weighted by atomic mass is 10.1. The van der Waals surface area contributed by atoms with Crippen LogP contribution >= 0.6 is 15.9 Å². The fourth-order valence-corrected chi connectivity index (χ4v) is 2.17. The minimum Gasteiger partial charge on any atom is -0.591 e. The van der Waals surface area contributed by atoms with Gasteiger partial charge in [0.1, 0.15) is 21.9 Å². The van der Waals surface area contributed by atoms with Gasteiger partial charge in [-0.25, -0.2) is 4.39 Å². The summed E-state index contributed by atoms with van der Waals surface area (Å²) >= 11 is 1.21. The van der Waals surface area contributed by atoms with E-state index in [9.17, 15) is 22.1 Å². The second-order valence-electron chi connectivity index (χ2n) is 4.95. The molecule has 1 aromatic rings. The maximum Gasteiger partial charge on any atom is 0.419 e. The lowest BCUT2D eigenvalue weighted by Crippen LogP contribution is -2.26. The molecule has 0 aliphatic rings. The predicted molar refractivity (Wildman–Crippen MR) is 74.6 cm³/mol. The number of alkyl halides is 3. The molecule has 0 aromatic heterocycles. The molecule has 0 saturated heterocycles. The first-order valence-corrected chi connectivity index (χ1v) is 7.35. The topological polar surface area (TPSA) is 35.4 Å². The van der Waals surface area contributed by atoms with E-state index in [0.717, 1.165) is 12.3 Å². The highest BCUT2D eigenvalue weighted by molar-refractivity contribution is 9.10. The van der Waals surface area contributed by atoms with Gasteiger partial charge in [0, 0.05) is 10.0 Å². The van der Waals surface area contributed by atoms with Crippen LogP contribution in [0.1, 0.15) is 31.9 Å². The Morgan fingerprint density at radius 1 is 1.25 bits per heavy atom. The fraction of sp³-hybridized carbons (Fsp3) is 0.417. The molecule has 0 spiro atoms. The molecular weight excluding hydrogens is 362 g/mol. The normalized spacial score (nSPS) is 14.8. The van der Waals surface area contributed by atoms with Crippen molar-refractivity contribution in [2.24, 2.45) is 4.40 Å². The maximum absolute atomic E-state index is 13.8. The van der Waals surface area contributed by atoms with Crippen molar-refractivity contribution >= 4 is 33.5 Å². The Labute approximate surface area is 125 Å². The van der Waals surface area contributed by atoms with E-state index in [4.69, 9.17) is 0 Å². The van der Waals surface area contributed by atoms with Crippen molar-refractivity contribution in [1.29, 1.82) is 0 Å². The molecule has 0 aliphatic heterocycles. The van der Waals surface area contributed by atoms with Crippen molar-refractivity contribution in [2.75, 3.05) is 0 Å². The van der Waals surface area contributed by atoms with E-state index in [1.807, 2.05) is 0 Å². The van der Waals surface area contributed by atoms with E-state index >= 15 is 0 Å². The minimum atomic E-state index is -4.81. The zero-order valence-corrected chi connectivity index (χ0v) is 13.3. The van der Waals surface area contributed by atoms with E-state index in [2.05, 4.69) is 20.3 Å². The number of halogens is 5. The molecule has 0 saturated carbocycles. The molecule has 0 N–H and O–H groups in total. The molecular formula is C12H12BrF4NOS. The van der Waals surface area contributed by atoms with Crippen molar-refractivity contribution < 1.29 is 22.1 Å². The number of rotatable bonds is 2. The highest BCUT2D eigenvalue weighted by atomic mass is 79.9. The van der Waals surface area contributed by atoms with Crippen LogP contribution in [0.3, 0.4) is 0 Å². The lowest BCUT2D eigenvalue weighted by molar-refractivity contribution is -0.140. The summed E-state index contributed by atoms with van der Waals surface area (Å²) in [7, 11) is 0. The van der Waals surface area contributed by atoms with Crippen molar-refractivity contribution in [2.45, 2.75) is 31.7 Å². The van der Waals surface area contributed by atoms with Gasteiger partial charge < -0.3 is 4.55 Å². The van der Waals surface area contributed by atoms with Crippen LogP contribution in [0.5, 0.6) is 0 Å². The Morgan fingerprint density at radius 3 is 2.25 bits per heavy atom. The summed E-state index contributed by atoms with van der Waals surface area (Å²) in [5, 5.41) is 0. The van der Waals surface area contributed by atoms with E-state index in [1.54, 1.807) is 20.8 Å². The Hall–Kier alpha value is -0.600. The Morgan fingerprint density at radius 2 is 1.80 bits per heavy atom. The molecule has 0 heterocycles. The molecule has 1 aromatic carbocycles. The average Bonchev–Trinajstić information content (AvgIpc) is 2.26. The summed E-state index contributed by atoms with van der Waals surface area (Å²) in [5.74, 6) is -1.43. The first-order valence-electron chi connectivity index (χ1n) is 5.45. The van der Waals surface area contributed by atoms with Crippen molar-refractivity contribution in [3.63, 3.8) is 0 Å². The smallest absolute Gasteiger partial charge is 0.419 e. The van der Waals surface area contributed by atoms with Gasteiger partial charge in [0.25, 0.3) is 0 Å². The second-order valence-corrected chi connectivity index (χ2v) is 7.80. The minimum absolute atomic E-state index is 0.0641. The van der Waals surface area contributed by atoms with Crippen LogP contribution in [0.2, 0.25) is 0 Å². The Kier molecular flexibility index (Phi) is 5.26. The molecule has 0 bridgehead atoms. The van der Waals surface area contributed by atoms with Gasteiger partial charge >= 0.3 is 6.18 Å². The van der Waals surface area contributed by atoms with Gasteiger partial charge in [-0.05, 0) is 32.9 Å². The van der Waals surface area contributed by atoms with Crippen LogP contribution < -0.4 is 0 Å².